The Morgan fingerprint density at radius 1 is 0.958 bits per heavy atom. The highest BCUT2D eigenvalue weighted by atomic mass is 28.4. The zero-order valence-corrected chi connectivity index (χ0v) is 20.1. The van der Waals surface area contributed by atoms with Gasteiger partial charge in [-0.05, 0) is 31.0 Å². The first-order valence-corrected chi connectivity index (χ1v) is 14.2. The van der Waals surface area contributed by atoms with Crippen molar-refractivity contribution in [3.8, 4) is 0 Å². The maximum absolute atomic E-state index is 6.76. The first-order chi connectivity index (χ1) is 10.5. The molecule has 0 saturated carbocycles. The van der Waals surface area contributed by atoms with Gasteiger partial charge in [0.15, 0.2) is 8.32 Å². The van der Waals surface area contributed by atoms with Gasteiger partial charge in [0.2, 0.25) is 0 Å². The van der Waals surface area contributed by atoms with Crippen LogP contribution in [0.1, 0.15) is 75.2 Å². The molecule has 0 bridgehead atoms. The van der Waals surface area contributed by atoms with Crippen molar-refractivity contribution in [2.45, 2.75) is 109 Å². The summed E-state index contributed by atoms with van der Waals surface area (Å²) >= 11 is 0. The van der Waals surface area contributed by atoms with E-state index in [2.05, 4.69) is 75.4 Å². The van der Waals surface area contributed by atoms with E-state index in [0.717, 1.165) is 26.1 Å². The van der Waals surface area contributed by atoms with E-state index in [1.165, 1.54) is 0 Å². The van der Waals surface area contributed by atoms with Gasteiger partial charge in [0.25, 0.3) is 0 Å². The summed E-state index contributed by atoms with van der Waals surface area (Å²) < 4.78 is 19.5. The van der Waals surface area contributed by atoms with Gasteiger partial charge in [-0.15, -0.1) is 0 Å². The van der Waals surface area contributed by atoms with Crippen LogP contribution in [0.5, 0.6) is 0 Å². The summed E-state index contributed by atoms with van der Waals surface area (Å²) in [7, 11) is -4.00. The van der Waals surface area contributed by atoms with Crippen molar-refractivity contribution in [3.63, 3.8) is 0 Å². The molecule has 1 aliphatic rings. The molecule has 5 heteroatoms. The Balaban J connectivity index is 2.76. The third-order valence-electron chi connectivity index (χ3n) is 5.76. The van der Waals surface area contributed by atoms with Crippen molar-refractivity contribution >= 4 is 16.9 Å². The van der Waals surface area contributed by atoms with Crippen LogP contribution in [0.15, 0.2) is 0 Å². The van der Waals surface area contributed by atoms with Gasteiger partial charge < -0.3 is 13.3 Å². The highest BCUT2D eigenvalue weighted by molar-refractivity contribution is 6.74. The molecule has 1 aliphatic heterocycles. The zero-order chi connectivity index (χ0) is 19.0. The van der Waals surface area contributed by atoms with Crippen molar-refractivity contribution in [3.05, 3.63) is 0 Å². The van der Waals surface area contributed by atoms with Crippen LogP contribution >= 0.6 is 0 Å². The Bertz CT molecular complexity index is 400. The molecule has 24 heavy (non-hydrogen) atoms. The molecule has 0 aromatic rings. The van der Waals surface area contributed by atoms with Crippen molar-refractivity contribution in [2.75, 3.05) is 13.2 Å². The summed E-state index contributed by atoms with van der Waals surface area (Å²) in [6.07, 6.45) is 2.24. The molecule has 3 nitrogen and oxygen atoms in total. The van der Waals surface area contributed by atoms with Crippen LogP contribution in [0, 0.1) is 0 Å². The lowest BCUT2D eigenvalue weighted by molar-refractivity contribution is 0.0101. The summed E-state index contributed by atoms with van der Waals surface area (Å²) in [6, 6.07) is 0. The average Bonchev–Trinajstić information content (AvgIpc) is 2.34. The van der Waals surface area contributed by atoms with Gasteiger partial charge in [-0.1, -0.05) is 62.3 Å². The number of rotatable bonds is 4. The van der Waals surface area contributed by atoms with Gasteiger partial charge in [-0.25, -0.2) is 0 Å². The quantitative estimate of drug-likeness (QED) is 0.545. The van der Waals surface area contributed by atoms with Gasteiger partial charge in [0, 0.05) is 23.3 Å². The molecule has 0 aromatic heterocycles. The molecule has 1 rings (SSSR count). The van der Waals surface area contributed by atoms with Crippen LogP contribution in [0.4, 0.5) is 0 Å². The third kappa shape index (κ3) is 4.73. The van der Waals surface area contributed by atoms with E-state index in [-0.39, 0.29) is 21.2 Å². The minimum Gasteiger partial charge on any atom is -0.417 e. The van der Waals surface area contributed by atoms with Gasteiger partial charge in [-0.2, -0.15) is 0 Å². The second-order valence-electron chi connectivity index (χ2n) is 10.9. The fraction of sp³-hybridized carbons (Fsp3) is 1.00. The van der Waals surface area contributed by atoms with E-state index in [1.807, 2.05) is 0 Å². The molecular weight excluding hydrogens is 332 g/mol. The Labute approximate surface area is 153 Å². The fourth-order valence-corrected chi connectivity index (χ4v) is 9.50. The molecule has 1 heterocycles. The lowest BCUT2D eigenvalue weighted by Gasteiger charge is -2.53. The molecule has 0 radical (unpaired) electrons. The maximum Gasteiger partial charge on any atom is 0.349 e. The molecule has 0 N–H and O–H groups in total. The summed E-state index contributed by atoms with van der Waals surface area (Å²) in [5, 5.41) is 0.382. The molecule has 1 fully saturated rings. The number of hydrogen-bond acceptors (Lipinski definition) is 3. The summed E-state index contributed by atoms with van der Waals surface area (Å²) in [6.45, 7) is 26.8. The minimum atomic E-state index is -2.33. The Morgan fingerprint density at radius 2 is 1.46 bits per heavy atom. The minimum absolute atomic E-state index is 0.0597. The van der Waals surface area contributed by atoms with Gasteiger partial charge in [0.05, 0.1) is 6.10 Å². The van der Waals surface area contributed by atoms with E-state index in [4.69, 9.17) is 13.3 Å². The van der Waals surface area contributed by atoms with Crippen molar-refractivity contribution in [1.82, 2.24) is 0 Å². The first-order valence-electron chi connectivity index (χ1n) is 9.49. The molecule has 144 valence electrons. The normalized spacial score (nSPS) is 23.4. The SMILES string of the molecule is CC(C)(C)[Si](C)(C)OCCC1CCO[Si](C(C)(C)C)(C(C)(C)C)O1. The van der Waals surface area contributed by atoms with Crippen molar-refractivity contribution in [2.24, 2.45) is 0 Å². The molecule has 1 atom stereocenters. The molecule has 1 saturated heterocycles. The summed E-state index contributed by atoms with van der Waals surface area (Å²) in [5.41, 5.74) is 0. The smallest absolute Gasteiger partial charge is 0.349 e. The molecule has 0 spiro atoms. The van der Waals surface area contributed by atoms with E-state index >= 15 is 0 Å². The lowest BCUT2D eigenvalue weighted by Crippen LogP contribution is -2.61. The molecule has 0 amide bonds. The first kappa shape index (κ1) is 22.4. The summed E-state index contributed by atoms with van der Waals surface area (Å²) in [5.74, 6) is 0. The molecular formula is C19H42O3Si2. The molecule has 0 aromatic carbocycles. The third-order valence-corrected chi connectivity index (χ3v) is 15.5. The van der Waals surface area contributed by atoms with Gasteiger partial charge in [0.1, 0.15) is 0 Å². The molecule has 1 unspecified atom stereocenters. The van der Waals surface area contributed by atoms with E-state index in [0.29, 0.717) is 0 Å². The van der Waals surface area contributed by atoms with E-state index in [1.54, 1.807) is 0 Å². The molecule has 0 aliphatic carbocycles. The monoisotopic (exact) mass is 374 g/mol. The standard InChI is InChI=1S/C19H42O3Si2/c1-17(2,3)23(10,11)20-14-12-16-13-15-21-24(22-16,18(4,5)6)19(7,8)9/h16H,12-15H2,1-11H3. The highest BCUT2D eigenvalue weighted by Gasteiger charge is 2.60. The van der Waals surface area contributed by atoms with Crippen LogP contribution < -0.4 is 0 Å². The Hall–Kier alpha value is 0.314. The van der Waals surface area contributed by atoms with Crippen molar-refractivity contribution in [1.29, 1.82) is 0 Å². The Morgan fingerprint density at radius 3 is 1.88 bits per heavy atom. The predicted octanol–water partition coefficient (Wildman–Crippen LogP) is 6.25. The van der Waals surface area contributed by atoms with Crippen LogP contribution in [0.2, 0.25) is 28.2 Å². The van der Waals surface area contributed by atoms with E-state index in [9.17, 15) is 0 Å². The van der Waals surface area contributed by atoms with Gasteiger partial charge in [-0.3, -0.25) is 0 Å². The second-order valence-corrected chi connectivity index (χ2v) is 20.5. The highest BCUT2D eigenvalue weighted by Crippen LogP contribution is 2.54. The lowest BCUT2D eigenvalue weighted by atomic mass is 10.2. The fourth-order valence-electron chi connectivity index (χ4n) is 3.44. The number of hydrogen-bond donors (Lipinski definition) is 0. The maximum atomic E-state index is 6.76. The van der Waals surface area contributed by atoms with Gasteiger partial charge >= 0.3 is 8.56 Å². The van der Waals surface area contributed by atoms with Crippen molar-refractivity contribution < 1.29 is 13.3 Å². The van der Waals surface area contributed by atoms with Crippen LogP contribution in [0.25, 0.3) is 0 Å². The predicted molar refractivity (Wildman–Crippen MR) is 108 cm³/mol. The average molecular weight is 375 g/mol. The van der Waals surface area contributed by atoms with Crippen LogP contribution in [0.3, 0.4) is 0 Å². The topological polar surface area (TPSA) is 27.7 Å². The van der Waals surface area contributed by atoms with E-state index < -0.39 is 16.9 Å². The Kier molecular flexibility index (Phi) is 6.65. The van der Waals surface area contributed by atoms with Crippen LogP contribution in [-0.2, 0) is 13.3 Å². The second kappa shape index (κ2) is 7.14. The largest absolute Gasteiger partial charge is 0.417 e. The van der Waals surface area contributed by atoms with Crippen LogP contribution in [-0.4, -0.2) is 36.2 Å². The summed E-state index contributed by atoms with van der Waals surface area (Å²) in [4.78, 5) is 0. The zero-order valence-electron chi connectivity index (χ0n) is 18.1.